The van der Waals surface area contributed by atoms with Crippen molar-refractivity contribution in [3.05, 3.63) is 0 Å². The van der Waals surface area contributed by atoms with E-state index >= 15 is 0 Å². The third-order valence-electron chi connectivity index (χ3n) is 2.43. The Balaban J connectivity index is 2.49. The number of piperidine rings is 1. The molecular weight excluding hydrogens is 138 g/mol. The predicted octanol–water partition coefficient (Wildman–Crippen LogP) is -0.111. The molecule has 0 spiro atoms. The Bertz CT molecular complexity index is 154. The van der Waals surface area contributed by atoms with Gasteiger partial charge in [0.1, 0.15) is 6.54 Å². The molecule has 2 heteroatoms. The van der Waals surface area contributed by atoms with Crippen LogP contribution in [0.1, 0.15) is 27.2 Å². The molecule has 0 bridgehead atoms. The second-order valence-corrected chi connectivity index (χ2v) is 4.04. The molecule has 1 rings (SSSR count). The number of carbonyl (C=O) groups is 1. The van der Waals surface area contributed by atoms with Crippen LogP contribution < -0.4 is 4.90 Å². The van der Waals surface area contributed by atoms with E-state index in [-0.39, 0.29) is 0 Å². The highest BCUT2D eigenvalue weighted by Gasteiger charge is 2.27. The number of quaternary nitrogens is 1. The Hall–Kier alpha value is -0.370. The van der Waals surface area contributed by atoms with E-state index in [0.29, 0.717) is 17.7 Å². The van der Waals surface area contributed by atoms with Crippen LogP contribution in [0.5, 0.6) is 0 Å². The number of hydrogen-bond acceptors (Lipinski definition) is 1. The summed E-state index contributed by atoms with van der Waals surface area (Å²) in [5, 5.41) is 0. The average molecular weight is 156 g/mol. The minimum absolute atomic E-state index is 0.437. The molecule has 1 aliphatic heterocycles. The molecule has 1 fully saturated rings. The van der Waals surface area contributed by atoms with Crippen molar-refractivity contribution >= 4 is 5.78 Å². The van der Waals surface area contributed by atoms with Gasteiger partial charge in [-0.3, -0.25) is 4.79 Å². The molecule has 0 amide bonds. The van der Waals surface area contributed by atoms with Crippen molar-refractivity contribution in [2.24, 2.45) is 5.92 Å². The first-order valence-corrected chi connectivity index (χ1v) is 4.46. The number of Topliss-reactive ketones (excluding diaryl/α,β-unsaturated/α-hetero) is 1. The molecule has 0 saturated carbocycles. The maximum Gasteiger partial charge on any atom is 0.187 e. The van der Waals surface area contributed by atoms with Gasteiger partial charge in [-0.1, -0.05) is 6.92 Å². The second-order valence-electron chi connectivity index (χ2n) is 4.04. The number of hydrogen-bond donors (Lipinski definition) is 1. The van der Waals surface area contributed by atoms with E-state index < -0.39 is 0 Å². The zero-order valence-corrected chi connectivity index (χ0v) is 7.68. The monoisotopic (exact) mass is 156 g/mol. The van der Waals surface area contributed by atoms with Crippen molar-refractivity contribution in [2.45, 2.75) is 33.2 Å². The molecular formula is C9H18NO+. The molecule has 0 radical (unpaired) electrons. The SMILES string of the molecule is CC(C)[NH+]1CC(=O)C[C@H](C)C1. The van der Waals surface area contributed by atoms with Crippen molar-refractivity contribution in [2.75, 3.05) is 13.1 Å². The highest BCUT2D eigenvalue weighted by molar-refractivity contribution is 5.79. The largest absolute Gasteiger partial charge is 0.327 e. The summed E-state index contributed by atoms with van der Waals surface area (Å²) in [7, 11) is 0. The van der Waals surface area contributed by atoms with E-state index in [2.05, 4.69) is 20.8 Å². The number of likely N-dealkylation sites (tertiary alicyclic amines) is 1. The van der Waals surface area contributed by atoms with Gasteiger partial charge in [0.05, 0.1) is 12.6 Å². The van der Waals surface area contributed by atoms with Gasteiger partial charge in [-0.2, -0.15) is 0 Å². The van der Waals surface area contributed by atoms with Crippen LogP contribution in [-0.2, 0) is 4.79 Å². The van der Waals surface area contributed by atoms with Gasteiger partial charge in [0, 0.05) is 12.3 Å². The van der Waals surface area contributed by atoms with Gasteiger partial charge in [0.25, 0.3) is 0 Å². The summed E-state index contributed by atoms with van der Waals surface area (Å²) in [6.07, 6.45) is 0.802. The fourth-order valence-electron chi connectivity index (χ4n) is 1.75. The third kappa shape index (κ3) is 2.29. The lowest BCUT2D eigenvalue weighted by atomic mass is 9.98. The summed E-state index contributed by atoms with van der Waals surface area (Å²) in [6.45, 7) is 8.45. The minimum Gasteiger partial charge on any atom is -0.327 e. The van der Waals surface area contributed by atoms with Crippen molar-refractivity contribution < 1.29 is 9.69 Å². The molecule has 1 unspecified atom stereocenters. The normalized spacial score (nSPS) is 32.9. The third-order valence-corrected chi connectivity index (χ3v) is 2.43. The average Bonchev–Trinajstić information content (AvgIpc) is 1.85. The molecule has 0 aromatic rings. The molecule has 1 N–H and O–H groups in total. The predicted molar refractivity (Wildman–Crippen MR) is 44.6 cm³/mol. The first kappa shape index (κ1) is 8.72. The Morgan fingerprint density at radius 1 is 1.55 bits per heavy atom. The zero-order valence-electron chi connectivity index (χ0n) is 7.68. The van der Waals surface area contributed by atoms with Gasteiger partial charge in [0.15, 0.2) is 5.78 Å². The molecule has 2 atom stereocenters. The molecule has 2 nitrogen and oxygen atoms in total. The van der Waals surface area contributed by atoms with Crippen molar-refractivity contribution in [1.29, 1.82) is 0 Å². The van der Waals surface area contributed by atoms with E-state index in [1.54, 1.807) is 0 Å². The molecule has 64 valence electrons. The van der Waals surface area contributed by atoms with Gasteiger partial charge in [-0.25, -0.2) is 0 Å². The summed E-state index contributed by atoms with van der Waals surface area (Å²) in [5.74, 6) is 1.03. The summed E-state index contributed by atoms with van der Waals surface area (Å²) in [6, 6.07) is 0.599. The highest BCUT2D eigenvalue weighted by Crippen LogP contribution is 2.02. The zero-order chi connectivity index (χ0) is 8.43. The summed E-state index contributed by atoms with van der Waals surface area (Å²) in [4.78, 5) is 12.6. The van der Waals surface area contributed by atoms with Crippen molar-refractivity contribution in [3.63, 3.8) is 0 Å². The Labute approximate surface area is 68.6 Å². The lowest BCUT2D eigenvalue weighted by molar-refractivity contribution is -0.919. The number of rotatable bonds is 1. The van der Waals surface area contributed by atoms with Crippen LogP contribution in [0.3, 0.4) is 0 Å². The molecule has 1 aliphatic rings. The lowest BCUT2D eigenvalue weighted by Gasteiger charge is -2.29. The van der Waals surface area contributed by atoms with Crippen LogP contribution in [-0.4, -0.2) is 24.9 Å². The Morgan fingerprint density at radius 2 is 2.18 bits per heavy atom. The topological polar surface area (TPSA) is 21.5 Å². The number of nitrogens with one attached hydrogen (secondary N) is 1. The minimum atomic E-state index is 0.437. The van der Waals surface area contributed by atoms with Gasteiger partial charge in [-0.05, 0) is 13.8 Å². The van der Waals surface area contributed by atoms with Crippen LogP contribution in [0.4, 0.5) is 0 Å². The number of ketones is 1. The van der Waals surface area contributed by atoms with Crippen LogP contribution in [0.15, 0.2) is 0 Å². The maximum atomic E-state index is 11.2. The van der Waals surface area contributed by atoms with E-state index in [0.717, 1.165) is 13.0 Å². The molecule has 0 aromatic heterocycles. The first-order valence-electron chi connectivity index (χ1n) is 4.46. The van der Waals surface area contributed by atoms with Crippen LogP contribution in [0, 0.1) is 5.92 Å². The van der Waals surface area contributed by atoms with Gasteiger partial charge >= 0.3 is 0 Å². The molecule has 1 saturated heterocycles. The molecule has 11 heavy (non-hydrogen) atoms. The Morgan fingerprint density at radius 3 is 2.64 bits per heavy atom. The second kappa shape index (κ2) is 3.35. The van der Waals surface area contributed by atoms with Gasteiger partial charge in [0.2, 0.25) is 0 Å². The summed E-state index contributed by atoms with van der Waals surface area (Å²) < 4.78 is 0. The molecule has 1 heterocycles. The fraction of sp³-hybridized carbons (Fsp3) is 0.889. The van der Waals surface area contributed by atoms with Gasteiger partial charge in [-0.15, -0.1) is 0 Å². The van der Waals surface area contributed by atoms with Crippen molar-refractivity contribution in [1.82, 2.24) is 0 Å². The van der Waals surface area contributed by atoms with E-state index in [1.807, 2.05) is 0 Å². The summed E-state index contributed by atoms with van der Waals surface area (Å²) in [5.41, 5.74) is 0. The van der Waals surface area contributed by atoms with Crippen molar-refractivity contribution in [3.8, 4) is 0 Å². The highest BCUT2D eigenvalue weighted by atomic mass is 16.1. The van der Waals surface area contributed by atoms with E-state index in [1.165, 1.54) is 11.4 Å². The molecule has 0 aliphatic carbocycles. The van der Waals surface area contributed by atoms with Crippen LogP contribution in [0.2, 0.25) is 0 Å². The first-order chi connectivity index (χ1) is 5.09. The van der Waals surface area contributed by atoms with Gasteiger partial charge < -0.3 is 4.90 Å². The quantitative estimate of drug-likeness (QED) is 0.562. The maximum absolute atomic E-state index is 11.2. The van der Waals surface area contributed by atoms with E-state index in [4.69, 9.17) is 0 Å². The van der Waals surface area contributed by atoms with Crippen LogP contribution in [0.25, 0.3) is 0 Å². The summed E-state index contributed by atoms with van der Waals surface area (Å²) >= 11 is 0. The van der Waals surface area contributed by atoms with Crippen LogP contribution >= 0.6 is 0 Å². The Kier molecular flexibility index (Phi) is 2.66. The number of carbonyl (C=O) groups excluding carboxylic acids is 1. The smallest absolute Gasteiger partial charge is 0.187 e. The standard InChI is InChI=1S/C9H17NO/c1-7(2)10-5-8(3)4-9(11)6-10/h7-8H,4-6H2,1-3H3/p+1/t8-/m0/s1. The molecule has 0 aromatic carbocycles. The fourth-order valence-corrected chi connectivity index (χ4v) is 1.75. The van der Waals surface area contributed by atoms with E-state index in [9.17, 15) is 4.79 Å². The lowest BCUT2D eigenvalue weighted by Crippen LogP contribution is -3.17.